The van der Waals surface area contributed by atoms with Gasteiger partial charge in [-0.25, -0.2) is 4.99 Å². The predicted octanol–water partition coefficient (Wildman–Crippen LogP) is 5.43. The van der Waals surface area contributed by atoms with Gasteiger partial charge in [0.1, 0.15) is 11.3 Å². The smallest absolute Gasteiger partial charge is 0.419 e. The Kier molecular flexibility index (Phi) is 8.05. The summed E-state index contributed by atoms with van der Waals surface area (Å²) in [6, 6.07) is 7.45. The van der Waals surface area contributed by atoms with Crippen molar-refractivity contribution < 1.29 is 17.9 Å². The molecule has 174 valence electrons. The zero-order valence-electron chi connectivity index (χ0n) is 18.1. The van der Waals surface area contributed by atoms with Crippen molar-refractivity contribution in [3.05, 3.63) is 59.4 Å². The molecule has 3 rings (SSSR count). The SMILES string of the molecule is CCCCCCCCOc1ccc(C2(c3cccnc3)N=C(N)SC2N)cc1C(F)(F)F. The number of unbranched alkanes of at least 4 members (excludes halogenated alkanes) is 5. The molecule has 1 aliphatic rings. The van der Waals surface area contributed by atoms with Crippen molar-refractivity contribution in [3.8, 4) is 5.75 Å². The average Bonchev–Trinajstić information content (AvgIpc) is 3.07. The van der Waals surface area contributed by atoms with Crippen molar-refractivity contribution >= 4 is 16.9 Å². The predicted molar refractivity (Wildman–Crippen MR) is 123 cm³/mol. The van der Waals surface area contributed by atoms with Crippen LogP contribution in [0.1, 0.15) is 62.1 Å². The Morgan fingerprint density at radius 3 is 2.47 bits per heavy atom. The first-order chi connectivity index (χ1) is 15.3. The monoisotopic (exact) mass is 466 g/mol. The van der Waals surface area contributed by atoms with E-state index in [0.717, 1.165) is 43.5 Å². The number of benzene rings is 1. The fourth-order valence-electron chi connectivity index (χ4n) is 3.87. The lowest BCUT2D eigenvalue weighted by Gasteiger charge is -2.31. The Bertz CT molecular complexity index is 923. The van der Waals surface area contributed by atoms with Crippen molar-refractivity contribution in [1.29, 1.82) is 0 Å². The quantitative estimate of drug-likeness (QED) is 0.456. The molecule has 2 heterocycles. The molecular formula is C23H29F3N4OS. The summed E-state index contributed by atoms with van der Waals surface area (Å²) in [6.07, 6.45) is 4.71. The number of nitrogens with zero attached hydrogens (tertiary/aromatic N) is 2. The van der Waals surface area contributed by atoms with E-state index in [1.54, 1.807) is 30.6 Å². The number of alkyl halides is 3. The van der Waals surface area contributed by atoms with Crippen molar-refractivity contribution in [2.75, 3.05) is 6.61 Å². The maximum Gasteiger partial charge on any atom is 0.419 e. The number of amidine groups is 1. The van der Waals surface area contributed by atoms with E-state index in [-0.39, 0.29) is 17.5 Å². The normalized spacial score (nSPS) is 20.9. The van der Waals surface area contributed by atoms with Crippen molar-refractivity contribution in [1.82, 2.24) is 4.98 Å². The molecule has 0 bridgehead atoms. The van der Waals surface area contributed by atoms with Gasteiger partial charge >= 0.3 is 6.18 Å². The van der Waals surface area contributed by atoms with Crippen LogP contribution >= 0.6 is 11.8 Å². The minimum atomic E-state index is -4.59. The largest absolute Gasteiger partial charge is 0.493 e. The van der Waals surface area contributed by atoms with Gasteiger partial charge in [0.25, 0.3) is 0 Å². The van der Waals surface area contributed by atoms with E-state index in [9.17, 15) is 13.2 Å². The highest BCUT2D eigenvalue weighted by molar-refractivity contribution is 8.14. The van der Waals surface area contributed by atoms with Gasteiger partial charge in [-0.15, -0.1) is 0 Å². The van der Waals surface area contributed by atoms with E-state index in [4.69, 9.17) is 16.2 Å². The van der Waals surface area contributed by atoms with Crippen molar-refractivity contribution in [3.63, 3.8) is 0 Å². The first-order valence-electron chi connectivity index (χ1n) is 10.8. The Morgan fingerprint density at radius 1 is 1.09 bits per heavy atom. The number of ether oxygens (including phenoxy) is 1. The van der Waals surface area contributed by atoms with E-state index in [1.807, 2.05) is 0 Å². The van der Waals surface area contributed by atoms with Crippen LogP contribution in [0.2, 0.25) is 0 Å². The van der Waals surface area contributed by atoms with Gasteiger partial charge in [0.15, 0.2) is 5.17 Å². The van der Waals surface area contributed by atoms with E-state index < -0.39 is 22.7 Å². The van der Waals surface area contributed by atoms with Crippen LogP contribution in [0.15, 0.2) is 47.7 Å². The molecule has 2 atom stereocenters. The lowest BCUT2D eigenvalue weighted by molar-refractivity contribution is -0.139. The number of aliphatic imine (C=N–C) groups is 1. The molecule has 2 aromatic rings. The van der Waals surface area contributed by atoms with Gasteiger partial charge in [0.2, 0.25) is 0 Å². The summed E-state index contributed by atoms with van der Waals surface area (Å²) in [4.78, 5) is 8.59. The summed E-state index contributed by atoms with van der Waals surface area (Å²) < 4.78 is 47.4. The standard InChI is InChI=1S/C23H29F3N4OS/c1-2-3-4-5-6-7-13-31-19-11-10-16(14-18(19)23(24,25)26)22(17-9-8-12-29-15-17)20(27)32-21(28)30-22/h8-12,14-15,20H,2-7,13,27H2,1H3,(H2,28,30). The number of rotatable bonds is 10. The number of pyridine rings is 1. The summed E-state index contributed by atoms with van der Waals surface area (Å²) in [5, 5.41) is -0.471. The van der Waals surface area contributed by atoms with Crippen LogP contribution in [0.5, 0.6) is 5.75 Å². The molecule has 0 aliphatic carbocycles. The zero-order chi connectivity index (χ0) is 23.2. The molecule has 0 saturated heterocycles. The molecular weight excluding hydrogens is 437 g/mol. The maximum absolute atomic E-state index is 13.9. The van der Waals surface area contributed by atoms with Gasteiger partial charge < -0.3 is 16.2 Å². The van der Waals surface area contributed by atoms with E-state index in [0.29, 0.717) is 17.5 Å². The fraction of sp³-hybridized carbons (Fsp3) is 0.478. The van der Waals surface area contributed by atoms with Gasteiger partial charge in [-0.05, 0) is 30.2 Å². The van der Waals surface area contributed by atoms with Crippen LogP contribution in [0.3, 0.4) is 0 Å². The molecule has 0 radical (unpaired) electrons. The number of hydrogen-bond donors (Lipinski definition) is 2. The van der Waals surface area contributed by atoms with Crippen LogP contribution in [-0.2, 0) is 11.7 Å². The molecule has 0 spiro atoms. The molecule has 0 fully saturated rings. The third-order valence-corrected chi connectivity index (χ3v) is 6.46. The van der Waals surface area contributed by atoms with Crippen molar-refractivity contribution in [2.45, 2.75) is 62.5 Å². The van der Waals surface area contributed by atoms with Crippen LogP contribution in [-0.4, -0.2) is 22.1 Å². The van der Waals surface area contributed by atoms with Gasteiger partial charge in [0.05, 0.1) is 17.5 Å². The lowest BCUT2D eigenvalue weighted by Crippen LogP contribution is -2.40. The summed E-state index contributed by atoms with van der Waals surface area (Å²) in [5.74, 6) is -0.188. The molecule has 1 aromatic carbocycles. The molecule has 0 saturated carbocycles. The van der Waals surface area contributed by atoms with Gasteiger partial charge in [0, 0.05) is 18.0 Å². The van der Waals surface area contributed by atoms with Crippen molar-refractivity contribution in [2.24, 2.45) is 16.5 Å². The first kappa shape index (κ1) is 24.4. The number of nitrogens with two attached hydrogens (primary N) is 2. The first-order valence-corrected chi connectivity index (χ1v) is 11.7. The number of thioether (sulfide) groups is 1. The molecule has 0 amide bonds. The topological polar surface area (TPSA) is 86.5 Å². The number of halogens is 3. The summed E-state index contributed by atoms with van der Waals surface area (Å²) in [5.41, 5.74) is 11.0. The summed E-state index contributed by atoms with van der Waals surface area (Å²) >= 11 is 1.12. The lowest BCUT2D eigenvalue weighted by atomic mass is 9.83. The Balaban J connectivity index is 1.89. The van der Waals surface area contributed by atoms with Gasteiger partial charge in [-0.3, -0.25) is 4.98 Å². The second-order valence-electron chi connectivity index (χ2n) is 7.82. The third kappa shape index (κ3) is 5.38. The highest BCUT2D eigenvalue weighted by Gasteiger charge is 2.47. The van der Waals surface area contributed by atoms with E-state index in [2.05, 4.69) is 16.9 Å². The molecule has 5 nitrogen and oxygen atoms in total. The number of hydrogen-bond acceptors (Lipinski definition) is 6. The molecule has 1 aliphatic heterocycles. The van der Waals surface area contributed by atoms with Gasteiger partial charge in [-0.1, -0.05) is 62.9 Å². The molecule has 9 heteroatoms. The molecule has 1 aromatic heterocycles. The summed E-state index contributed by atoms with van der Waals surface area (Å²) in [6.45, 7) is 2.38. The van der Waals surface area contributed by atoms with Crippen LogP contribution in [0.25, 0.3) is 0 Å². The highest BCUT2D eigenvalue weighted by Crippen LogP contribution is 2.47. The maximum atomic E-state index is 13.9. The second-order valence-corrected chi connectivity index (χ2v) is 8.98. The van der Waals surface area contributed by atoms with Gasteiger partial charge in [-0.2, -0.15) is 13.2 Å². The fourth-order valence-corrected chi connectivity index (χ4v) is 4.82. The third-order valence-electron chi connectivity index (χ3n) is 5.53. The molecule has 2 unspecified atom stereocenters. The Morgan fingerprint density at radius 2 is 1.84 bits per heavy atom. The molecule has 32 heavy (non-hydrogen) atoms. The minimum absolute atomic E-state index is 0.188. The Hall–Kier alpha value is -2.26. The van der Waals surface area contributed by atoms with E-state index in [1.165, 1.54) is 12.5 Å². The van der Waals surface area contributed by atoms with Crippen LogP contribution in [0, 0.1) is 0 Å². The average molecular weight is 467 g/mol. The molecule has 4 N–H and O–H groups in total. The van der Waals surface area contributed by atoms with E-state index >= 15 is 0 Å². The van der Waals surface area contributed by atoms with Crippen LogP contribution < -0.4 is 16.2 Å². The Labute approximate surface area is 190 Å². The minimum Gasteiger partial charge on any atom is -0.493 e. The number of aromatic nitrogens is 1. The summed E-state index contributed by atoms with van der Waals surface area (Å²) in [7, 11) is 0. The second kappa shape index (κ2) is 10.6. The van der Waals surface area contributed by atoms with Crippen LogP contribution in [0.4, 0.5) is 13.2 Å². The highest BCUT2D eigenvalue weighted by atomic mass is 32.2. The zero-order valence-corrected chi connectivity index (χ0v) is 18.9.